The molecule has 0 radical (unpaired) electrons. The SMILES string of the molecule is C#CCN1N=C(C(=O)O)CCC1=O. The second kappa shape index (κ2) is 3.72. The topological polar surface area (TPSA) is 70.0 Å². The van der Waals surface area contributed by atoms with Gasteiger partial charge in [0, 0.05) is 12.8 Å². The van der Waals surface area contributed by atoms with Crippen molar-refractivity contribution < 1.29 is 14.7 Å². The van der Waals surface area contributed by atoms with Crippen LogP contribution in [-0.4, -0.2) is 34.2 Å². The molecule has 0 bridgehead atoms. The molecule has 1 rings (SSSR count). The first-order valence-corrected chi connectivity index (χ1v) is 3.69. The number of amides is 1. The molecular formula is C8H8N2O3. The Balaban J connectivity index is 2.82. The van der Waals surface area contributed by atoms with Gasteiger partial charge in [0.2, 0.25) is 5.91 Å². The third kappa shape index (κ3) is 2.06. The van der Waals surface area contributed by atoms with Gasteiger partial charge in [0.25, 0.3) is 0 Å². The highest BCUT2D eigenvalue weighted by Gasteiger charge is 2.22. The van der Waals surface area contributed by atoms with Gasteiger partial charge in [-0.1, -0.05) is 5.92 Å². The number of carboxylic acids is 1. The zero-order valence-electron chi connectivity index (χ0n) is 6.86. The van der Waals surface area contributed by atoms with Crippen molar-refractivity contribution in [2.24, 2.45) is 5.10 Å². The quantitative estimate of drug-likeness (QED) is 0.592. The molecule has 5 nitrogen and oxygen atoms in total. The van der Waals surface area contributed by atoms with Crippen LogP contribution in [0.1, 0.15) is 12.8 Å². The molecule has 0 aromatic heterocycles. The van der Waals surface area contributed by atoms with E-state index >= 15 is 0 Å². The standard InChI is InChI=1S/C8H8N2O3/c1-2-5-10-7(11)4-3-6(9-10)8(12)13/h1H,3-5H2,(H,12,13). The van der Waals surface area contributed by atoms with E-state index < -0.39 is 5.97 Å². The summed E-state index contributed by atoms with van der Waals surface area (Å²) in [7, 11) is 0. The van der Waals surface area contributed by atoms with Crippen LogP contribution in [0.4, 0.5) is 0 Å². The summed E-state index contributed by atoms with van der Waals surface area (Å²) in [6, 6.07) is 0. The summed E-state index contributed by atoms with van der Waals surface area (Å²) in [6.07, 6.45) is 5.32. The maximum atomic E-state index is 11.1. The van der Waals surface area contributed by atoms with Crippen molar-refractivity contribution in [2.45, 2.75) is 12.8 Å². The summed E-state index contributed by atoms with van der Waals surface area (Å²) in [4.78, 5) is 21.6. The van der Waals surface area contributed by atoms with E-state index in [0.717, 1.165) is 5.01 Å². The average molecular weight is 180 g/mol. The fourth-order valence-electron chi connectivity index (χ4n) is 0.966. The van der Waals surface area contributed by atoms with Crippen LogP contribution in [0, 0.1) is 12.3 Å². The predicted molar refractivity (Wildman–Crippen MR) is 44.9 cm³/mol. The highest BCUT2D eigenvalue weighted by Crippen LogP contribution is 2.08. The van der Waals surface area contributed by atoms with E-state index in [9.17, 15) is 9.59 Å². The minimum atomic E-state index is -1.10. The van der Waals surface area contributed by atoms with Crippen LogP contribution in [0.5, 0.6) is 0 Å². The predicted octanol–water partition coefficient (Wildman–Crippen LogP) is -0.317. The fraction of sp³-hybridized carbons (Fsp3) is 0.375. The normalized spacial score (nSPS) is 16.4. The minimum Gasteiger partial charge on any atom is -0.477 e. The largest absolute Gasteiger partial charge is 0.477 e. The molecule has 0 aliphatic carbocycles. The van der Waals surface area contributed by atoms with Crippen LogP contribution in [0.15, 0.2) is 5.10 Å². The van der Waals surface area contributed by atoms with E-state index in [4.69, 9.17) is 11.5 Å². The molecule has 0 saturated heterocycles. The number of rotatable bonds is 2. The van der Waals surface area contributed by atoms with Crippen molar-refractivity contribution in [3.05, 3.63) is 0 Å². The summed E-state index contributed by atoms with van der Waals surface area (Å²) >= 11 is 0. The number of carbonyl (C=O) groups excluding carboxylic acids is 1. The van der Waals surface area contributed by atoms with Crippen molar-refractivity contribution in [3.63, 3.8) is 0 Å². The van der Waals surface area contributed by atoms with Crippen LogP contribution >= 0.6 is 0 Å². The Morgan fingerprint density at radius 3 is 2.92 bits per heavy atom. The van der Waals surface area contributed by atoms with Gasteiger partial charge in [-0.25, -0.2) is 9.80 Å². The van der Waals surface area contributed by atoms with Crippen LogP contribution in [-0.2, 0) is 9.59 Å². The highest BCUT2D eigenvalue weighted by atomic mass is 16.4. The third-order valence-electron chi connectivity index (χ3n) is 1.59. The van der Waals surface area contributed by atoms with Crippen molar-refractivity contribution in [2.75, 3.05) is 6.54 Å². The van der Waals surface area contributed by atoms with Crippen LogP contribution in [0.2, 0.25) is 0 Å². The third-order valence-corrected chi connectivity index (χ3v) is 1.59. The number of nitrogens with zero attached hydrogens (tertiary/aromatic N) is 2. The highest BCUT2D eigenvalue weighted by molar-refractivity contribution is 6.36. The number of hydrogen-bond donors (Lipinski definition) is 1. The maximum absolute atomic E-state index is 11.1. The van der Waals surface area contributed by atoms with Crippen LogP contribution in [0.3, 0.4) is 0 Å². The molecule has 13 heavy (non-hydrogen) atoms. The molecule has 0 saturated carbocycles. The van der Waals surface area contributed by atoms with Crippen LogP contribution in [0.25, 0.3) is 0 Å². The minimum absolute atomic E-state index is 0.0187. The second-order valence-electron chi connectivity index (χ2n) is 2.51. The zero-order chi connectivity index (χ0) is 9.84. The first-order chi connectivity index (χ1) is 6.15. The second-order valence-corrected chi connectivity index (χ2v) is 2.51. The Morgan fingerprint density at radius 2 is 2.38 bits per heavy atom. The summed E-state index contributed by atoms with van der Waals surface area (Å²) in [5.74, 6) is 0.897. The molecule has 0 unspecified atom stereocenters. The van der Waals surface area contributed by atoms with Gasteiger partial charge in [-0.3, -0.25) is 4.79 Å². The molecule has 0 fully saturated rings. The molecule has 0 aromatic rings. The zero-order valence-corrected chi connectivity index (χ0v) is 6.86. The van der Waals surface area contributed by atoms with Gasteiger partial charge in [-0.15, -0.1) is 6.42 Å². The lowest BCUT2D eigenvalue weighted by atomic mass is 10.2. The molecule has 0 atom stereocenters. The van der Waals surface area contributed by atoms with Gasteiger partial charge in [0.1, 0.15) is 12.3 Å². The molecular weight excluding hydrogens is 172 g/mol. The van der Waals surface area contributed by atoms with Gasteiger partial charge in [-0.05, 0) is 0 Å². The molecule has 0 spiro atoms. The van der Waals surface area contributed by atoms with Crippen molar-refractivity contribution in [1.29, 1.82) is 0 Å². The molecule has 1 aliphatic heterocycles. The average Bonchev–Trinajstić information content (AvgIpc) is 2.08. The Kier molecular flexibility index (Phi) is 2.65. The van der Waals surface area contributed by atoms with Gasteiger partial charge >= 0.3 is 5.97 Å². The molecule has 1 aliphatic rings. The number of carbonyl (C=O) groups is 2. The number of hydrogen-bond acceptors (Lipinski definition) is 3. The summed E-state index contributed by atoms with van der Waals surface area (Å²) in [5, 5.41) is 13.2. The van der Waals surface area contributed by atoms with E-state index in [2.05, 4.69) is 11.0 Å². The molecule has 1 N–H and O–H groups in total. The van der Waals surface area contributed by atoms with Gasteiger partial charge in [-0.2, -0.15) is 5.10 Å². The van der Waals surface area contributed by atoms with E-state index in [-0.39, 0.29) is 31.0 Å². The summed E-state index contributed by atoms with van der Waals surface area (Å²) in [6.45, 7) is 0.0234. The van der Waals surface area contributed by atoms with Crippen molar-refractivity contribution >= 4 is 17.6 Å². The monoisotopic (exact) mass is 180 g/mol. The molecule has 5 heteroatoms. The van der Waals surface area contributed by atoms with E-state index in [0.29, 0.717) is 0 Å². The van der Waals surface area contributed by atoms with Crippen molar-refractivity contribution in [1.82, 2.24) is 5.01 Å². The van der Waals surface area contributed by atoms with Crippen molar-refractivity contribution in [3.8, 4) is 12.3 Å². The fourth-order valence-corrected chi connectivity index (χ4v) is 0.966. The smallest absolute Gasteiger partial charge is 0.352 e. The molecule has 0 aromatic carbocycles. The van der Waals surface area contributed by atoms with E-state index in [1.54, 1.807) is 0 Å². The lowest BCUT2D eigenvalue weighted by molar-refractivity contribution is -0.132. The summed E-state index contributed by atoms with van der Waals surface area (Å²) < 4.78 is 0. The van der Waals surface area contributed by atoms with Gasteiger partial charge in [0.15, 0.2) is 0 Å². The number of carboxylic acid groups (broad SMARTS) is 1. The maximum Gasteiger partial charge on any atom is 0.352 e. The van der Waals surface area contributed by atoms with Gasteiger partial charge in [0.05, 0.1) is 0 Å². The first-order valence-electron chi connectivity index (χ1n) is 3.69. The Hall–Kier alpha value is -1.83. The Labute approximate surface area is 75.0 Å². The number of terminal acetylenes is 1. The van der Waals surface area contributed by atoms with E-state index in [1.807, 2.05) is 0 Å². The Morgan fingerprint density at radius 1 is 1.69 bits per heavy atom. The number of aliphatic carboxylic acids is 1. The summed E-state index contributed by atoms with van der Waals surface area (Å²) in [5.41, 5.74) is -0.0187. The molecule has 68 valence electrons. The van der Waals surface area contributed by atoms with Crippen LogP contribution < -0.4 is 0 Å². The lowest BCUT2D eigenvalue weighted by Crippen LogP contribution is -2.34. The Bertz CT molecular complexity index is 314. The molecule has 1 amide bonds. The van der Waals surface area contributed by atoms with E-state index in [1.165, 1.54) is 0 Å². The molecule has 1 heterocycles. The first kappa shape index (κ1) is 9.26. The van der Waals surface area contributed by atoms with Gasteiger partial charge < -0.3 is 5.11 Å². The lowest BCUT2D eigenvalue weighted by Gasteiger charge is -2.19. The number of hydrazone groups is 1.